The largest absolute Gasteiger partial charge is 0.310 e. The summed E-state index contributed by atoms with van der Waals surface area (Å²) in [5.41, 5.74) is 13.5. The van der Waals surface area contributed by atoms with Crippen LogP contribution >= 0.6 is 11.3 Å². The molecular weight excluding hydrogens is 767 g/mol. The number of aryl methyl sites for hydroxylation is 2. The zero-order valence-corrected chi connectivity index (χ0v) is 35.4. The van der Waals surface area contributed by atoms with Crippen LogP contribution in [0.15, 0.2) is 212 Å². The van der Waals surface area contributed by atoms with Gasteiger partial charge in [-0.05, 0) is 133 Å². The highest BCUT2D eigenvalue weighted by Gasteiger charge is 2.22. The molecular formula is C60H41NS. The molecule has 0 fully saturated rings. The fourth-order valence-electron chi connectivity index (χ4n) is 9.82. The van der Waals surface area contributed by atoms with Gasteiger partial charge in [-0.1, -0.05) is 170 Å². The second kappa shape index (κ2) is 14.6. The van der Waals surface area contributed by atoms with Crippen LogP contribution in [0.4, 0.5) is 17.1 Å². The summed E-state index contributed by atoms with van der Waals surface area (Å²) in [7, 11) is 0. The van der Waals surface area contributed by atoms with Crippen LogP contribution in [0.3, 0.4) is 0 Å². The molecule has 2 heteroatoms. The van der Waals surface area contributed by atoms with E-state index in [0.29, 0.717) is 0 Å². The lowest BCUT2D eigenvalue weighted by molar-refractivity contribution is 1.31. The summed E-state index contributed by atoms with van der Waals surface area (Å²) < 4.78 is 2.61. The Morgan fingerprint density at radius 2 is 0.952 bits per heavy atom. The number of hydrogen-bond donors (Lipinski definition) is 0. The second-order valence-electron chi connectivity index (χ2n) is 16.5. The maximum Gasteiger partial charge on any atom is 0.0547 e. The Labute approximate surface area is 365 Å². The van der Waals surface area contributed by atoms with Crippen LogP contribution in [0.2, 0.25) is 0 Å². The van der Waals surface area contributed by atoms with E-state index in [4.69, 9.17) is 0 Å². The van der Waals surface area contributed by atoms with Gasteiger partial charge in [0.1, 0.15) is 0 Å². The van der Waals surface area contributed by atoms with E-state index >= 15 is 0 Å². The van der Waals surface area contributed by atoms with Gasteiger partial charge in [0, 0.05) is 42.3 Å². The Balaban J connectivity index is 1.11. The average Bonchev–Trinajstić information content (AvgIpc) is 3.71. The summed E-state index contributed by atoms with van der Waals surface area (Å²) >= 11 is 1.92. The predicted octanol–water partition coefficient (Wildman–Crippen LogP) is 17.8. The molecule has 0 saturated heterocycles. The molecule has 0 aliphatic carbocycles. The summed E-state index contributed by atoms with van der Waals surface area (Å²) in [5.74, 6) is 0. The topological polar surface area (TPSA) is 3.24 Å². The zero-order chi connectivity index (χ0) is 41.3. The fourth-order valence-corrected chi connectivity index (χ4v) is 11.1. The molecule has 0 bridgehead atoms. The number of thiophene rings is 1. The number of hydrogen-bond acceptors (Lipinski definition) is 2. The molecule has 0 unspecified atom stereocenters. The molecule has 0 radical (unpaired) electrons. The van der Waals surface area contributed by atoms with E-state index in [9.17, 15) is 0 Å². The first-order valence-corrected chi connectivity index (χ1v) is 22.2. The molecule has 1 aromatic heterocycles. The van der Waals surface area contributed by atoms with Crippen LogP contribution in [0.1, 0.15) is 11.1 Å². The SMILES string of the molecule is Cc1ccccc1-c1cc(-c2cc3sc4c5ccccc5c(N(c5ccc(-c6ccccc6)cc5)c5ccc6c(ccc7ccccc76)c5)cc4c3c3ccccc23)ccc1C. The Kier molecular flexibility index (Phi) is 8.55. The van der Waals surface area contributed by atoms with Gasteiger partial charge in [0.05, 0.1) is 5.69 Å². The molecule has 12 aromatic rings. The third-order valence-corrected chi connectivity index (χ3v) is 14.1. The van der Waals surface area contributed by atoms with Gasteiger partial charge in [0.25, 0.3) is 0 Å². The lowest BCUT2D eigenvalue weighted by atomic mass is 9.90. The molecule has 292 valence electrons. The molecule has 12 rings (SSSR count). The normalized spacial score (nSPS) is 11.7. The molecule has 1 heterocycles. The van der Waals surface area contributed by atoms with E-state index < -0.39 is 0 Å². The summed E-state index contributed by atoms with van der Waals surface area (Å²) in [6, 6.07) is 78.6. The first kappa shape index (κ1) is 36.3. The molecule has 0 atom stereocenters. The molecule has 0 spiro atoms. The van der Waals surface area contributed by atoms with Crippen molar-refractivity contribution in [3.63, 3.8) is 0 Å². The van der Waals surface area contributed by atoms with Crippen molar-refractivity contribution in [2.24, 2.45) is 0 Å². The summed E-state index contributed by atoms with van der Waals surface area (Å²) in [6.07, 6.45) is 0. The number of anilines is 3. The van der Waals surface area contributed by atoms with Crippen LogP contribution in [0, 0.1) is 13.8 Å². The van der Waals surface area contributed by atoms with Gasteiger partial charge in [-0.25, -0.2) is 0 Å². The van der Waals surface area contributed by atoms with Crippen molar-refractivity contribution in [1.82, 2.24) is 0 Å². The lowest BCUT2D eigenvalue weighted by Gasteiger charge is -2.28. The number of nitrogens with zero attached hydrogens (tertiary/aromatic N) is 1. The van der Waals surface area contributed by atoms with Crippen LogP contribution in [0.25, 0.3) is 96.6 Å². The van der Waals surface area contributed by atoms with Gasteiger partial charge in [-0.2, -0.15) is 0 Å². The van der Waals surface area contributed by atoms with E-state index in [-0.39, 0.29) is 0 Å². The standard InChI is InChI=1S/C60H41NS/c1-38-14-6-8-18-47(38)54-35-44(25-24-39(54)2)55-37-58-59(52-22-12-10-20-50(52)55)56-36-57(51-21-11-13-23-53(51)60(56)62-58)61(45-30-28-41(29-31-45)40-15-4-3-5-16-40)46-32-33-49-43(34-46)27-26-42-17-7-9-19-48(42)49/h3-37H,1-2H3. The first-order chi connectivity index (χ1) is 30.6. The minimum atomic E-state index is 1.12. The quantitative estimate of drug-likeness (QED) is 0.151. The molecule has 0 N–H and O–H groups in total. The average molecular weight is 808 g/mol. The number of rotatable bonds is 6. The van der Waals surface area contributed by atoms with Crippen molar-refractivity contribution >= 4 is 91.7 Å². The van der Waals surface area contributed by atoms with Crippen LogP contribution in [-0.2, 0) is 0 Å². The van der Waals surface area contributed by atoms with Crippen LogP contribution < -0.4 is 4.90 Å². The predicted molar refractivity (Wildman–Crippen MR) is 270 cm³/mol. The van der Waals surface area contributed by atoms with Gasteiger partial charge in [0.2, 0.25) is 0 Å². The highest BCUT2D eigenvalue weighted by atomic mass is 32.1. The molecule has 11 aromatic carbocycles. The summed E-state index contributed by atoms with van der Waals surface area (Å²) in [5, 5.41) is 12.6. The summed E-state index contributed by atoms with van der Waals surface area (Å²) in [4.78, 5) is 2.48. The monoisotopic (exact) mass is 807 g/mol. The van der Waals surface area contributed by atoms with Crippen molar-refractivity contribution in [3.8, 4) is 33.4 Å². The highest BCUT2D eigenvalue weighted by molar-refractivity contribution is 7.27. The maximum atomic E-state index is 2.48. The molecule has 0 amide bonds. The third kappa shape index (κ3) is 5.90. The van der Waals surface area contributed by atoms with Crippen molar-refractivity contribution in [2.45, 2.75) is 13.8 Å². The molecule has 0 saturated carbocycles. The second-order valence-corrected chi connectivity index (χ2v) is 17.6. The first-order valence-electron chi connectivity index (χ1n) is 21.4. The third-order valence-electron chi connectivity index (χ3n) is 12.9. The van der Waals surface area contributed by atoms with Crippen LogP contribution in [-0.4, -0.2) is 0 Å². The van der Waals surface area contributed by atoms with E-state index in [0.717, 1.165) is 17.1 Å². The highest BCUT2D eigenvalue weighted by Crippen LogP contribution is 2.50. The number of benzene rings is 11. The van der Waals surface area contributed by atoms with Gasteiger partial charge < -0.3 is 4.90 Å². The van der Waals surface area contributed by atoms with E-state index in [1.165, 1.54) is 108 Å². The van der Waals surface area contributed by atoms with Gasteiger partial charge in [0.15, 0.2) is 0 Å². The molecule has 62 heavy (non-hydrogen) atoms. The fraction of sp³-hybridized carbons (Fsp3) is 0.0333. The Bertz CT molecular complexity index is 3710. The van der Waals surface area contributed by atoms with E-state index in [1.54, 1.807) is 0 Å². The maximum absolute atomic E-state index is 2.48. The number of fused-ring (bicyclic) bond motifs is 10. The van der Waals surface area contributed by atoms with Crippen LogP contribution in [0.5, 0.6) is 0 Å². The molecule has 1 nitrogen and oxygen atoms in total. The van der Waals surface area contributed by atoms with Crippen molar-refractivity contribution in [1.29, 1.82) is 0 Å². The lowest BCUT2D eigenvalue weighted by Crippen LogP contribution is -2.10. The Hall–Kier alpha value is -7.52. The minimum absolute atomic E-state index is 1.12. The summed E-state index contributed by atoms with van der Waals surface area (Å²) in [6.45, 7) is 4.43. The Morgan fingerprint density at radius 1 is 0.339 bits per heavy atom. The minimum Gasteiger partial charge on any atom is -0.310 e. The van der Waals surface area contributed by atoms with Gasteiger partial charge in [-0.15, -0.1) is 11.3 Å². The smallest absolute Gasteiger partial charge is 0.0547 e. The van der Waals surface area contributed by atoms with Crippen molar-refractivity contribution in [3.05, 3.63) is 223 Å². The van der Waals surface area contributed by atoms with E-state index in [1.807, 2.05) is 11.3 Å². The zero-order valence-electron chi connectivity index (χ0n) is 34.6. The van der Waals surface area contributed by atoms with Crippen molar-refractivity contribution < 1.29 is 0 Å². The Morgan fingerprint density at radius 3 is 1.77 bits per heavy atom. The molecule has 0 aliphatic heterocycles. The van der Waals surface area contributed by atoms with Gasteiger partial charge >= 0.3 is 0 Å². The molecule has 0 aliphatic rings. The van der Waals surface area contributed by atoms with Gasteiger partial charge in [-0.3, -0.25) is 0 Å². The van der Waals surface area contributed by atoms with E-state index in [2.05, 4.69) is 231 Å². The van der Waals surface area contributed by atoms with Crippen molar-refractivity contribution in [2.75, 3.05) is 4.90 Å².